The number of hydrogen-bond donors (Lipinski definition) is 3. The van der Waals surface area contributed by atoms with Crippen molar-refractivity contribution in [1.29, 1.82) is 0 Å². The van der Waals surface area contributed by atoms with E-state index in [0.29, 0.717) is 23.7 Å². The first-order valence-corrected chi connectivity index (χ1v) is 14.0. The topological polar surface area (TPSA) is 77.8 Å². The highest BCUT2D eigenvalue weighted by Gasteiger charge is 2.73. The zero-order valence-corrected chi connectivity index (χ0v) is 22.6. The Bertz CT molecular complexity index is 923. The summed E-state index contributed by atoms with van der Waals surface area (Å²) in [4.78, 5) is 12.5. The molecule has 0 spiro atoms. The van der Waals surface area contributed by atoms with E-state index in [0.717, 1.165) is 31.6 Å². The van der Waals surface area contributed by atoms with Gasteiger partial charge in [-0.3, -0.25) is 4.79 Å². The van der Waals surface area contributed by atoms with Gasteiger partial charge in [0.15, 0.2) is 5.79 Å². The fourth-order valence-corrected chi connectivity index (χ4v) is 10.8. The number of carboxylic acids is 1. The lowest BCUT2D eigenvalue weighted by Crippen LogP contribution is -2.71. The molecule has 0 amide bonds. The first kappa shape index (κ1) is 24.8. The minimum Gasteiger partial charge on any atom is -0.481 e. The van der Waals surface area contributed by atoms with Gasteiger partial charge in [0, 0.05) is 11.8 Å². The summed E-state index contributed by atoms with van der Waals surface area (Å²) in [7, 11) is 0. The Hall–Kier alpha value is -0.870. The van der Waals surface area contributed by atoms with Crippen LogP contribution in [0.5, 0.6) is 0 Å². The van der Waals surface area contributed by atoms with Crippen LogP contribution in [0.1, 0.15) is 106 Å². The van der Waals surface area contributed by atoms with E-state index in [9.17, 15) is 20.1 Å². The lowest BCUT2D eigenvalue weighted by molar-refractivity contribution is -0.339. The number of carbonyl (C=O) groups is 1. The van der Waals surface area contributed by atoms with Crippen LogP contribution in [0, 0.1) is 56.7 Å². The Morgan fingerprint density at radius 3 is 2.21 bits per heavy atom. The first-order chi connectivity index (χ1) is 15.6. The third kappa shape index (κ3) is 2.71. The van der Waals surface area contributed by atoms with Crippen LogP contribution in [0.15, 0.2) is 11.6 Å². The minimum atomic E-state index is -1.84. The third-order valence-corrected chi connectivity index (χ3v) is 13.6. The monoisotopic (exact) mass is 472 g/mol. The SMILES string of the molecule is C[C@H]1[C@H](C)CC[C@]2(C)CC[C@]3(C)C(=CC[C@@H]4[C@]5(C)[C@@H](CC[C@]43C)[C@@](C)(C(=O)O)CCC5(O)O)[C@H]12. The second-order valence-electron chi connectivity index (χ2n) is 14.6. The molecule has 0 saturated heterocycles. The van der Waals surface area contributed by atoms with E-state index in [1.807, 2.05) is 13.8 Å². The minimum absolute atomic E-state index is 0.0204. The van der Waals surface area contributed by atoms with Crippen LogP contribution in [-0.2, 0) is 4.79 Å². The second-order valence-corrected chi connectivity index (χ2v) is 14.6. The quantitative estimate of drug-likeness (QED) is 0.304. The van der Waals surface area contributed by atoms with Crippen LogP contribution in [0.2, 0.25) is 0 Å². The average molecular weight is 473 g/mol. The van der Waals surface area contributed by atoms with Gasteiger partial charge in [0.2, 0.25) is 0 Å². The van der Waals surface area contributed by atoms with Gasteiger partial charge in [-0.1, -0.05) is 53.2 Å². The van der Waals surface area contributed by atoms with E-state index in [4.69, 9.17) is 0 Å². The Morgan fingerprint density at radius 1 is 0.882 bits per heavy atom. The van der Waals surface area contributed by atoms with Crippen molar-refractivity contribution in [3.63, 3.8) is 0 Å². The van der Waals surface area contributed by atoms with Gasteiger partial charge in [-0.15, -0.1) is 0 Å². The summed E-state index contributed by atoms with van der Waals surface area (Å²) in [5, 5.41) is 33.3. The summed E-state index contributed by atoms with van der Waals surface area (Å²) in [6.07, 6.45) is 10.6. The highest BCUT2D eigenvalue weighted by atomic mass is 16.5. The van der Waals surface area contributed by atoms with Gasteiger partial charge in [-0.2, -0.15) is 0 Å². The third-order valence-electron chi connectivity index (χ3n) is 13.6. The molecule has 0 radical (unpaired) electrons. The summed E-state index contributed by atoms with van der Waals surface area (Å²) < 4.78 is 0. The molecule has 10 atom stereocenters. The molecule has 0 aromatic rings. The summed E-state index contributed by atoms with van der Waals surface area (Å²) in [5.41, 5.74) is 0.215. The smallest absolute Gasteiger partial charge is 0.309 e. The van der Waals surface area contributed by atoms with E-state index in [2.05, 4.69) is 40.7 Å². The van der Waals surface area contributed by atoms with Crippen LogP contribution in [0.25, 0.3) is 0 Å². The molecule has 34 heavy (non-hydrogen) atoms. The van der Waals surface area contributed by atoms with Gasteiger partial charge in [-0.05, 0) is 104 Å². The molecular weight excluding hydrogens is 424 g/mol. The van der Waals surface area contributed by atoms with Gasteiger partial charge in [0.25, 0.3) is 0 Å². The van der Waals surface area contributed by atoms with Crippen molar-refractivity contribution in [1.82, 2.24) is 0 Å². The zero-order chi connectivity index (χ0) is 25.1. The number of rotatable bonds is 1. The normalized spacial score (nSPS) is 56.3. The molecule has 0 bridgehead atoms. The van der Waals surface area contributed by atoms with Crippen molar-refractivity contribution in [2.75, 3.05) is 0 Å². The molecule has 5 aliphatic rings. The zero-order valence-electron chi connectivity index (χ0n) is 22.6. The fourth-order valence-electron chi connectivity index (χ4n) is 10.8. The Labute approximate surface area is 206 Å². The van der Waals surface area contributed by atoms with Gasteiger partial charge in [0.1, 0.15) is 0 Å². The van der Waals surface area contributed by atoms with Crippen LogP contribution in [-0.4, -0.2) is 27.1 Å². The number of hydrogen-bond acceptors (Lipinski definition) is 3. The largest absolute Gasteiger partial charge is 0.481 e. The maximum Gasteiger partial charge on any atom is 0.309 e. The number of allylic oxidation sites excluding steroid dienone is 2. The Kier molecular flexibility index (Phi) is 5.20. The van der Waals surface area contributed by atoms with Crippen molar-refractivity contribution in [2.24, 2.45) is 56.7 Å². The van der Waals surface area contributed by atoms with E-state index < -0.39 is 22.6 Å². The lowest BCUT2D eigenvalue weighted by Gasteiger charge is -2.72. The van der Waals surface area contributed by atoms with Crippen molar-refractivity contribution in [3.8, 4) is 0 Å². The molecule has 3 N–H and O–H groups in total. The molecule has 192 valence electrons. The lowest BCUT2D eigenvalue weighted by atomic mass is 9.32. The van der Waals surface area contributed by atoms with Crippen LogP contribution >= 0.6 is 0 Å². The van der Waals surface area contributed by atoms with Gasteiger partial charge in [0.05, 0.1) is 5.41 Å². The molecule has 0 aromatic heterocycles. The summed E-state index contributed by atoms with van der Waals surface area (Å²) in [6, 6.07) is 0. The molecule has 0 heterocycles. The van der Waals surface area contributed by atoms with E-state index >= 15 is 0 Å². The van der Waals surface area contributed by atoms with Crippen molar-refractivity contribution in [2.45, 2.75) is 112 Å². The molecule has 5 rings (SSSR count). The van der Waals surface area contributed by atoms with E-state index in [1.54, 1.807) is 5.57 Å². The molecule has 4 fully saturated rings. The summed E-state index contributed by atoms with van der Waals surface area (Å²) in [6.45, 7) is 16.2. The van der Waals surface area contributed by atoms with Crippen molar-refractivity contribution < 1.29 is 20.1 Å². The number of fused-ring (bicyclic) bond motifs is 7. The predicted molar refractivity (Wildman–Crippen MR) is 134 cm³/mol. The maximum atomic E-state index is 12.5. The Morgan fingerprint density at radius 2 is 1.56 bits per heavy atom. The van der Waals surface area contributed by atoms with Gasteiger partial charge < -0.3 is 15.3 Å². The molecule has 4 heteroatoms. The molecule has 0 unspecified atom stereocenters. The Balaban J connectivity index is 1.65. The fraction of sp³-hybridized carbons (Fsp3) is 0.900. The molecule has 0 aliphatic heterocycles. The van der Waals surface area contributed by atoms with Gasteiger partial charge in [-0.25, -0.2) is 0 Å². The highest BCUT2D eigenvalue weighted by Crippen LogP contribution is 2.76. The molecular formula is C30H48O4. The van der Waals surface area contributed by atoms with Crippen molar-refractivity contribution >= 4 is 5.97 Å². The standard InChI is InChI=1S/C30H48O4/c1-18-10-12-25(3)14-16-27(5)20(23(25)19(18)2)8-9-22-28(27,6)13-11-21-26(4,24(31)32)15-17-30(33,34)29(21,22)7/h8,18-19,21-23,33-34H,9-17H2,1-7H3,(H,31,32)/t18-,19+,21+,22+,23+,25-,26+,27-,28-,29+/m1/s1. The predicted octanol–water partition coefficient (Wildman–Crippen LogP) is 6.41. The maximum absolute atomic E-state index is 12.5. The molecule has 4 saturated carbocycles. The van der Waals surface area contributed by atoms with Gasteiger partial charge >= 0.3 is 5.97 Å². The van der Waals surface area contributed by atoms with Crippen LogP contribution in [0.4, 0.5) is 0 Å². The summed E-state index contributed by atoms with van der Waals surface area (Å²) in [5.74, 6) is -0.797. The van der Waals surface area contributed by atoms with Crippen molar-refractivity contribution in [3.05, 3.63) is 11.6 Å². The second kappa shape index (κ2) is 7.12. The molecule has 0 aromatic carbocycles. The molecule has 5 aliphatic carbocycles. The number of aliphatic hydroxyl groups is 2. The first-order valence-electron chi connectivity index (χ1n) is 14.0. The average Bonchev–Trinajstić information content (AvgIpc) is 2.75. The number of aliphatic carboxylic acids is 1. The summed E-state index contributed by atoms with van der Waals surface area (Å²) >= 11 is 0. The van der Waals surface area contributed by atoms with Crippen LogP contribution in [0.3, 0.4) is 0 Å². The highest BCUT2D eigenvalue weighted by molar-refractivity contribution is 5.75. The van der Waals surface area contributed by atoms with E-state index in [1.165, 1.54) is 19.3 Å². The number of carboxylic acid groups (broad SMARTS) is 1. The molecule has 4 nitrogen and oxygen atoms in total. The van der Waals surface area contributed by atoms with E-state index in [-0.39, 0.29) is 29.1 Å². The van der Waals surface area contributed by atoms with Crippen LogP contribution < -0.4 is 0 Å².